The first-order chi connectivity index (χ1) is 8.40. The fourth-order valence-corrected chi connectivity index (χ4v) is 4.07. The number of carbonyl (C=O) groups is 1. The van der Waals surface area contributed by atoms with Crippen molar-refractivity contribution in [3.63, 3.8) is 0 Å². The predicted octanol–water partition coefficient (Wildman–Crippen LogP) is 4.71. The van der Waals surface area contributed by atoms with E-state index in [-0.39, 0.29) is 16.6 Å². The Morgan fingerprint density at radius 3 is 2.21 bits per heavy atom. The summed E-state index contributed by atoms with van der Waals surface area (Å²) in [6, 6.07) is 0. The molecule has 1 aliphatic rings. The molecule has 3 heteroatoms. The van der Waals surface area contributed by atoms with Gasteiger partial charge in [-0.15, -0.1) is 0 Å². The largest absolute Gasteiger partial charge is 0.414 e. The van der Waals surface area contributed by atoms with Crippen LogP contribution < -0.4 is 0 Å². The van der Waals surface area contributed by atoms with E-state index in [1.807, 2.05) is 0 Å². The van der Waals surface area contributed by atoms with Gasteiger partial charge in [-0.2, -0.15) is 0 Å². The molecule has 0 aromatic carbocycles. The molecule has 0 saturated carbocycles. The van der Waals surface area contributed by atoms with Crippen LogP contribution in [0, 0.1) is 5.41 Å². The van der Waals surface area contributed by atoms with Crippen molar-refractivity contribution in [2.75, 3.05) is 0 Å². The molecule has 0 bridgehead atoms. The van der Waals surface area contributed by atoms with E-state index in [0.29, 0.717) is 0 Å². The molecule has 0 spiro atoms. The van der Waals surface area contributed by atoms with E-state index in [9.17, 15) is 4.79 Å². The second kappa shape index (κ2) is 5.17. The highest BCUT2D eigenvalue weighted by Crippen LogP contribution is 2.44. The molecule has 0 radical (unpaired) electrons. The molecule has 110 valence electrons. The molecule has 1 atom stereocenters. The van der Waals surface area contributed by atoms with Gasteiger partial charge in [0.2, 0.25) is 0 Å². The molecule has 19 heavy (non-hydrogen) atoms. The molecule has 0 aromatic heterocycles. The highest BCUT2D eigenvalue weighted by Gasteiger charge is 2.42. The zero-order valence-corrected chi connectivity index (χ0v) is 14.9. The molecule has 0 N–H and O–H groups in total. The zero-order chi connectivity index (χ0) is 15.1. The quantitative estimate of drug-likeness (QED) is 0.553. The molecule has 0 saturated heterocycles. The summed E-state index contributed by atoms with van der Waals surface area (Å²) >= 11 is 0. The minimum Gasteiger partial charge on any atom is -0.414 e. The maximum Gasteiger partial charge on any atom is 0.192 e. The molecule has 1 aliphatic carbocycles. The van der Waals surface area contributed by atoms with Gasteiger partial charge in [0.05, 0.1) is 0 Å². The number of rotatable bonds is 3. The fraction of sp³-hybridized carbons (Fsp3) is 0.812. The molecule has 0 amide bonds. The monoisotopic (exact) mass is 282 g/mol. The van der Waals surface area contributed by atoms with Crippen LogP contribution in [0.25, 0.3) is 0 Å². The Kier molecular flexibility index (Phi) is 4.53. The van der Waals surface area contributed by atoms with E-state index in [0.717, 1.165) is 24.7 Å². The fourth-order valence-electron chi connectivity index (χ4n) is 2.72. The molecule has 0 fully saturated rings. The van der Waals surface area contributed by atoms with Gasteiger partial charge in [-0.05, 0) is 48.9 Å². The predicted molar refractivity (Wildman–Crippen MR) is 83.8 cm³/mol. The van der Waals surface area contributed by atoms with Crippen LogP contribution in [-0.2, 0) is 9.22 Å². The molecular weight excluding hydrogens is 252 g/mol. The van der Waals surface area contributed by atoms with Gasteiger partial charge in [0.15, 0.2) is 8.32 Å². The molecule has 0 unspecified atom stereocenters. The first-order valence-corrected chi connectivity index (χ1v) is 10.1. The van der Waals surface area contributed by atoms with Crippen molar-refractivity contribution in [2.45, 2.75) is 78.6 Å². The van der Waals surface area contributed by atoms with Gasteiger partial charge in [0.25, 0.3) is 0 Å². The second-order valence-electron chi connectivity index (χ2n) is 8.10. The molecule has 0 aliphatic heterocycles. The van der Waals surface area contributed by atoms with Gasteiger partial charge in [-0.1, -0.05) is 40.2 Å². The summed E-state index contributed by atoms with van der Waals surface area (Å²) < 4.78 is 6.53. The number of carbonyl (C=O) groups excluding carboxylic acids is 1. The smallest absolute Gasteiger partial charge is 0.192 e. The Hall–Kier alpha value is -0.413. The summed E-state index contributed by atoms with van der Waals surface area (Å²) in [7, 11) is -1.73. The van der Waals surface area contributed by atoms with Crippen molar-refractivity contribution in [3.05, 3.63) is 11.1 Å². The number of aldehydes is 1. The number of hydrogen-bond acceptors (Lipinski definition) is 2. The van der Waals surface area contributed by atoms with Crippen LogP contribution in [0.2, 0.25) is 18.1 Å². The normalized spacial score (nSPS) is 24.5. The van der Waals surface area contributed by atoms with Crippen LogP contribution in [0.15, 0.2) is 11.1 Å². The molecule has 1 rings (SSSR count). The van der Waals surface area contributed by atoms with Crippen LogP contribution in [-0.4, -0.2) is 20.7 Å². The molecule has 2 nitrogen and oxygen atoms in total. The van der Waals surface area contributed by atoms with E-state index >= 15 is 0 Å². The minimum absolute atomic E-state index is 0.0584. The van der Waals surface area contributed by atoms with Gasteiger partial charge in [0, 0.05) is 6.10 Å². The van der Waals surface area contributed by atoms with Gasteiger partial charge in [-0.3, -0.25) is 4.79 Å². The van der Waals surface area contributed by atoms with Gasteiger partial charge in [0.1, 0.15) is 6.29 Å². The number of hydrogen-bond donors (Lipinski definition) is 0. The first-order valence-electron chi connectivity index (χ1n) is 7.24. The summed E-state index contributed by atoms with van der Waals surface area (Å²) in [5.74, 6) is 0. The molecular formula is C16H30O2Si. The van der Waals surface area contributed by atoms with Gasteiger partial charge in [-0.25, -0.2) is 0 Å². The van der Waals surface area contributed by atoms with Crippen LogP contribution in [0.3, 0.4) is 0 Å². The average molecular weight is 282 g/mol. The SMILES string of the molecule is CC1=C(C=O)C(C)(C)C[C@H](O[Si](C)(C)C(C)(C)C)C1. The number of allylic oxidation sites excluding steroid dienone is 1. The van der Waals surface area contributed by atoms with Crippen molar-refractivity contribution in [3.8, 4) is 0 Å². The van der Waals surface area contributed by atoms with E-state index in [1.165, 1.54) is 5.57 Å². The third-order valence-corrected chi connectivity index (χ3v) is 9.38. The van der Waals surface area contributed by atoms with Crippen molar-refractivity contribution in [1.82, 2.24) is 0 Å². The summed E-state index contributed by atoms with van der Waals surface area (Å²) in [6.45, 7) is 17.8. The maximum absolute atomic E-state index is 11.2. The van der Waals surface area contributed by atoms with E-state index in [2.05, 4.69) is 54.6 Å². The Morgan fingerprint density at radius 2 is 1.84 bits per heavy atom. The summed E-state index contributed by atoms with van der Waals surface area (Å²) in [4.78, 5) is 11.2. The van der Waals surface area contributed by atoms with Crippen LogP contribution in [0.1, 0.15) is 54.4 Å². The van der Waals surface area contributed by atoms with Crippen molar-refractivity contribution in [2.24, 2.45) is 5.41 Å². The summed E-state index contributed by atoms with van der Waals surface area (Å²) in [6.07, 6.45) is 3.16. The lowest BCUT2D eigenvalue weighted by Gasteiger charge is -2.44. The highest BCUT2D eigenvalue weighted by atomic mass is 28.4. The average Bonchev–Trinajstić information content (AvgIpc) is 2.12. The van der Waals surface area contributed by atoms with Crippen molar-refractivity contribution in [1.29, 1.82) is 0 Å². The standard InChI is InChI=1S/C16H30O2Si/c1-12-9-13(10-16(5,6)14(12)11-17)18-19(7,8)15(2,3)4/h11,13H,9-10H2,1-8H3/t13-/m1/s1. The third-order valence-electron chi connectivity index (χ3n) is 4.85. The lowest BCUT2D eigenvalue weighted by Crippen LogP contribution is -2.46. The lowest BCUT2D eigenvalue weighted by atomic mass is 9.72. The van der Waals surface area contributed by atoms with Gasteiger partial charge >= 0.3 is 0 Å². The Labute approximate surface area is 119 Å². The minimum atomic E-state index is -1.73. The maximum atomic E-state index is 11.2. The van der Waals surface area contributed by atoms with Crippen molar-refractivity contribution < 1.29 is 9.22 Å². The van der Waals surface area contributed by atoms with Crippen LogP contribution >= 0.6 is 0 Å². The van der Waals surface area contributed by atoms with Crippen LogP contribution in [0.5, 0.6) is 0 Å². The van der Waals surface area contributed by atoms with E-state index < -0.39 is 8.32 Å². The molecule has 0 heterocycles. The summed E-state index contributed by atoms with van der Waals surface area (Å²) in [5, 5.41) is 0.236. The summed E-state index contributed by atoms with van der Waals surface area (Å²) in [5.41, 5.74) is 2.12. The Balaban J connectivity index is 2.92. The van der Waals surface area contributed by atoms with E-state index in [4.69, 9.17) is 4.43 Å². The van der Waals surface area contributed by atoms with E-state index in [1.54, 1.807) is 0 Å². The van der Waals surface area contributed by atoms with Gasteiger partial charge < -0.3 is 4.43 Å². The van der Waals surface area contributed by atoms with Crippen LogP contribution in [0.4, 0.5) is 0 Å². The molecule has 0 aromatic rings. The van der Waals surface area contributed by atoms with Crippen molar-refractivity contribution >= 4 is 14.6 Å². The Morgan fingerprint density at radius 1 is 1.32 bits per heavy atom. The lowest BCUT2D eigenvalue weighted by molar-refractivity contribution is -0.106. The second-order valence-corrected chi connectivity index (χ2v) is 12.9. The third kappa shape index (κ3) is 3.57. The highest BCUT2D eigenvalue weighted by molar-refractivity contribution is 6.74. The zero-order valence-electron chi connectivity index (χ0n) is 13.9. The topological polar surface area (TPSA) is 26.3 Å². The Bertz CT molecular complexity index is 386. The first kappa shape index (κ1) is 16.6.